The quantitative estimate of drug-likeness (QED) is 0.418. The molecule has 0 unspecified atom stereocenters. The Bertz CT molecular complexity index is 950. The van der Waals surface area contributed by atoms with Crippen LogP contribution in [0.1, 0.15) is 24.2 Å². The average molecular weight is 434 g/mol. The summed E-state index contributed by atoms with van der Waals surface area (Å²) in [6.45, 7) is 2.67. The van der Waals surface area contributed by atoms with E-state index in [0.29, 0.717) is 25.5 Å². The third-order valence-corrected chi connectivity index (χ3v) is 5.71. The van der Waals surface area contributed by atoms with Gasteiger partial charge in [0.15, 0.2) is 5.96 Å². The molecule has 30 heavy (non-hydrogen) atoms. The van der Waals surface area contributed by atoms with Gasteiger partial charge in [-0.15, -0.1) is 0 Å². The van der Waals surface area contributed by atoms with Crippen molar-refractivity contribution in [3.8, 4) is 0 Å². The number of likely N-dealkylation sites (tertiary alicyclic amines) is 1. The fraction of sp³-hybridized carbons (Fsp3) is 0.400. The van der Waals surface area contributed by atoms with E-state index in [1.807, 2.05) is 17.0 Å². The number of rotatable bonds is 8. The van der Waals surface area contributed by atoms with Crippen LogP contribution in [-0.2, 0) is 27.8 Å². The number of nitrogens with zero attached hydrogens (tertiary/aromatic N) is 2. The molecule has 4 N–H and O–H groups in total. The minimum absolute atomic E-state index is 0.0468. The molecule has 0 atom stereocenters. The Hall–Kier alpha value is -2.85. The summed E-state index contributed by atoms with van der Waals surface area (Å²) in [5, 5.41) is 11.4. The molecule has 2 aromatic rings. The maximum atomic E-state index is 12.3. The first-order valence-electron chi connectivity index (χ1n) is 9.86. The van der Waals surface area contributed by atoms with Gasteiger partial charge in [-0.2, -0.15) is 0 Å². The predicted octanol–water partition coefficient (Wildman–Crippen LogP) is 0.827. The van der Waals surface area contributed by atoms with E-state index in [1.165, 1.54) is 12.1 Å². The van der Waals surface area contributed by atoms with Crippen molar-refractivity contribution < 1.29 is 17.6 Å². The van der Waals surface area contributed by atoms with Crippen LogP contribution in [0.25, 0.3) is 0 Å². The van der Waals surface area contributed by atoms with Gasteiger partial charge < -0.3 is 20.0 Å². The molecule has 1 aliphatic rings. The monoisotopic (exact) mass is 433 g/mol. The Morgan fingerprint density at radius 3 is 2.50 bits per heavy atom. The van der Waals surface area contributed by atoms with Crippen LogP contribution in [-0.4, -0.2) is 51.4 Å². The van der Waals surface area contributed by atoms with Crippen LogP contribution in [0.2, 0.25) is 0 Å². The Balaban J connectivity index is 1.59. The number of nitrogens with two attached hydrogens (primary N) is 1. The van der Waals surface area contributed by atoms with E-state index in [9.17, 15) is 13.2 Å². The van der Waals surface area contributed by atoms with Gasteiger partial charge in [0.05, 0.1) is 24.2 Å². The molecule has 1 amide bonds. The van der Waals surface area contributed by atoms with Crippen molar-refractivity contribution in [3.05, 3.63) is 54.0 Å². The fourth-order valence-corrected chi connectivity index (χ4v) is 3.64. The van der Waals surface area contributed by atoms with Crippen molar-refractivity contribution in [1.82, 2.24) is 15.5 Å². The van der Waals surface area contributed by atoms with E-state index >= 15 is 0 Å². The highest BCUT2D eigenvalue weighted by molar-refractivity contribution is 7.89. The lowest BCUT2D eigenvalue weighted by Crippen LogP contribution is -2.44. The standard InChI is InChI=1S/C20H27N5O4S/c21-30(27,28)18-7-5-16(6-8-18)14-23-20(22-10-9-17-4-3-13-29-17)24-15-19(26)25-11-1-2-12-25/h3-8,13H,1-2,9-12,14-15H2,(H2,21,27,28)(H2,22,23,24). The number of benzene rings is 1. The second kappa shape index (κ2) is 10.3. The molecule has 0 bridgehead atoms. The van der Waals surface area contributed by atoms with Gasteiger partial charge in [-0.25, -0.2) is 18.5 Å². The van der Waals surface area contributed by atoms with Crippen LogP contribution < -0.4 is 15.8 Å². The molecule has 1 aromatic carbocycles. The second-order valence-electron chi connectivity index (χ2n) is 7.05. The van der Waals surface area contributed by atoms with Gasteiger partial charge in [-0.1, -0.05) is 12.1 Å². The third-order valence-electron chi connectivity index (χ3n) is 4.78. The molecule has 162 valence electrons. The Morgan fingerprint density at radius 1 is 1.13 bits per heavy atom. The van der Waals surface area contributed by atoms with Crippen LogP contribution in [0.5, 0.6) is 0 Å². The molecule has 0 saturated carbocycles. The number of furan rings is 1. The smallest absolute Gasteiger partial charge is 0.241 e. The number of hydrogen-bond donors (Lipinski definition) is 3. The highest BCUT2D eigenvalue weighted by atomic mass is 32.2. The molecule has 1 saturated heterocycles. The number of carbonyl (C=O) groups is 1. The van der Waals surface area contributed by atoms with E-state index in [4.69, 9.17) is 9.56 Å². The number of carbonyl (C=O) groups excluding carboxylic acids is 1. The number of primary sulfonamides is 1. The second-order valence-corrected chi connectivity index (χ2v) is 8.61. The molecule has 1 fully saturated rings. The number of amides is 1. The van der Waals surface area contributed by atoms with Crippen LogP contribution in [0, 0.1) is 0 Å². The highest BCUT2D eigenvalue weighted by Crippen LogP contribution is 2.10. The van der Waals surface area contributed by atoms with Crippen molar-refractivity contribution in [2.75, 3.05) is 26.2 Å². The number of sulfonamides is 1. The topological polar surface area (TPSA) is 130 Å². The average Bonchev–Trinajstić information content (AvgIpc) is 3.43. The summed E-state index contributed by atoms with van der Waals surface area (Å²) in [5.74, 6) is 1.41. The molecular weight excluding hydrogens is 406 g/mol. The fourth-order valence-electron chi connectivity index (χ4n) is 3.13. The van der Waals surface area contributed by atoms with E-state index in [0.717, 1.165) is 37.3 Å². The number of hydrogen-bond acceptors (Lipinski definition) is 5. The predicted molar refractivity (Wildman–Crippen MR) is 113 cm³/mol. The number of aliphatic imine (C=N–C) groups is 1. The van der Waals surface area contributed by atoms with Gasteiger partial charge in [0, 0.05) is 26.1 Å². The summed E-state index contributed by atoms with van der Waals surface area (Å²) >= 11 is 0. The normalized spacial score (nSPS) is 14.7. The van der Waals surface area contributed by atoms with Crippen molar-refractivity contribution in [2.45, 2.75) is 30.7 Å². The summed E-state index contributed by atoms with van der Waals surface area (Å²) in [6.07, 6.45) is 4.39. The van der Waals surface area contributed by atoms with Crippen molar-refractivity contribution in [2.24, 2.45) is 10.1 Å². The SMILES string of the molecule is NS(=O)(=O)c1ccc(CN=C(NCCc2ccco2)NCC(=O)N2CCCC2)cc1. The lowest BCUT2D eigenvalue weighted by Gasteiger charge is -2.17. The minimum atomic E-state index is -3.72. The van der Waals surface area contributed by atoms with Gasteiger partial charge in [-0.05, 0) is 42.7 Å². The summed E-state index contributed by atoms with van der Waals surface area (Å²) in [7, 11) is -3.72. The van der Waals surface area contributed by atoms with Gasteiger partial charge in [-0.3, -0.25) is 4.79 Å². The molecule has 3 rings (SSSR count). The van der Waals surface area contributed by atoms with Gasteiger partial charge in [0.25, 0.3) is 0 Å². The van der Waals surface area contributed by atoms with E-state index in [1.54, 1.807) is 18.4 Å². The summed E-state index contributed by atoms with van der Waals surface area (Å²) in [6, 6.07) is 9.97. The summed E-state index contributed by atoms with van der Waals surface area (Å²) < 4.78 is 28.1. The maximum absolute atomic E-state index is 12.3. The first-order valence-corrected chi connectivity index (χ1v) is 11.4. The largest absolute Gasteiger partial charge is 0.469 e. The zero-order chi connectivity index (χ0) is 21.4. The molecule has 0 radical (unpaired) electrons. The molecule has 1 aromatic heterocycles. The van der Waals surface area contributed by atoms with E-state index < -0.39 is 10.0 Å². The molecule has 0 spiro atoms. The van der Waals surface area contributed by atoms with Gasteiger partial charge >= 0.3 is 0 Å². The van der Waals surface area contributed by atoms with E-state index in [-0.39, 0.29) is 17.3 Å². The lowest BCUT2D eigenvalue weighted by molar-refractivity contribution is -0.128. The Kier molecular flexibility index (Phi) is 7.47. The lowest BCUT2D eigenvalue weighted by atomic mass is 10.2. The maximum Gasteiger partial charge on any atom is 0.241 e. The zero-order valence-corrected chi connectivity index (χ0v) is 17.5. The van der Waals surface area contributed by atoms with Crippen LogP contribution >= 0.6 is 0 Å². The van der Waals surface area contributed by atoms with Gasteiger partial charge in [0.1, 0.15) is 5.76 Å². The summed E-state index contributed by atoms with van der Waals surface area (Å²) in [4.78, 5) is 18.7. The van der Waals surface area contributed by atoms with Gasteiger partial charge in [0.2, 0.25) is 15.9 Å². The van der Waals surface area contributed by atoms with Crippen molar-refractivity contribution in [1.29, 1.82) is 0 Å². The minimum Gasteiger partial charge on any atom is -0.469 e. The number of nitrogens with one attached hydrogen (secondary N) is 2. The van der Waals surface area contributed by atoms with Crippen LogP contribution in [0.4, 0.5) is 0 Å². The Morgan fingerprint density at radius 2 is 1.87 bits per heavy atom. The third kappa shape index (κ3) is 6.60. The van der Waals surface area contributed by atoms with E-state index in [2.05, 4.69) is 15.6 Å². The molecule has 1 aliphatic heterocycles. The Labute approximate surface area is 176 Å². The van der Waals surface area contributed by atoms with Crippen molar-refractivity contribution in [3.63, 3.8) is 0 Å². The zero-order valence-electron chi connectivity index (χ0n) is 16.7. The molecule has 2 heterocycles. The van der Waals surface area contributed by atoms with Crippen LogP contribution in [0.3, 0.4) is 0 Å². The molecule has 0 aliphatic carbocycles. The summed E-state index contributed by atoms with van der Waals surface area (Å²) in [5.41, 5.74) is 0.820. The molecule has 9 nitrogen and oxygen atoms in total. The first-order chi connectivity index (χ1) is 14.4. The molecule has 10 heteroatoms. The van der Waals surface area contributed by atoms with Crippen molar-refractivity contribution >= 4 is 21.9 Å². The highest BCUT2D eigenvalue weighted by Gasteiger charge is 2.17. The first kappa shape index (κ1) is 21.8. The molecular formula is C20H27N5O4S. The van der Waals surface area contributed by atoms with Crippen LogP contribution in [0.15, 0.2) is 57.0 Å². The number of guanidine groups is 1.